The van der Waals surface area contributed by atoms with Gasteiger partial charge >= 0.3 is 5.97 Å². The van der Waals surface area contributed by atoms with E-state index in [4.69, 9.17) is 9.47 Å². The molecule has 0 aliphatic carbocycles. The van der Waals surface area contributed by atoms with Gasteiger partial charge in [0.2, 0.25) is 0 Å². The average Bonchev–Trinajstić information content (AvgIpc) is 2.91. The third kappa shape index (κ3) is 7.64. The Bertz CT molecular complexity index is 1130. The van der Waals surface area contributed by atoms with Crippen molar-refractivity contribution in [2.75, 3.05) is 13.7 Å². The zero-order valence-electron chi connectivity index (χ0n) is 20.7. The number of benzene rings is 4. The minimum atomic E-state index is -0.763. The minimum Gasteiger partial charge on any atom is -0.458 e. The third-order valence-corrected chi connectivity index (χ3v) is 6.10. The SMILES string of the molecule is CO[C@@H](C(=O)O[C@H](Cc1ccccc1)CN(Cc1ccccc1)Cc1ccccc1)c1ccccc1. The Morgan fingerprint density at radius 2 is 1.11 bits per heavy atom. The van der Waals surface area contributed by atoms with Crippen LogP contribution in [0.4, 0.5) is 0 Å². The summed E-state index contributed by atoms with van der Waals surface area (Å²) >= 11 is 0. The molecule has 0 aliphatic heterocycles. The first-order valence-electron chi connectivity index (χ1n) is 12.3. The predicted molar refractivity (Wildman–Crippen MR) is 143 cm³/mol. The van der Waals surface area contributed by atoms with E-state index in [-0.39, 0.29) is 12.1 Å². The summed E-state index contributed by atoms with van der Waals surface area (Å²) in [6, 6.07) is 40.5. The zero-order valence-corrected chi connectivity index (χ0v) is 20.7. The molecule has 0 fully saturated rings. The first kappa shape index (κ1) is 25.4. The highest BCUT2D eigenvalue weighted by molar-refractivity contribution is 5.76. The number of hydrogen-bond acceptors (Lipinski definition) is 4. The standard InChI is InChI=1S/C32H33NO3/c1-35-31(29-20-12-5-13-21-29)32(34)36-30(22-26-14-6-2-7-15-26)25-33(23-27-16-8-3-9-17-27)24-28-18-10-4-11-19-28/h2-21,30-31H,22-25H2,1H3/t30-,31-/m1/s1. The quantitative estimate of drug-likeness (QED) is 0.226. The molecule has 0 saturated heterocycles. The highest BCUT2D eigenvalue weighted by Crippen LogP contribution is 2.21. The largest absolute Gasteiger partial charge is 0.458 e. The van der Waals surface area contributed by atoms with E-state index in [0.29, 0.717) is 13.0 Å². The molecule has 4 aromatic carbocycles. The van der Waals surface area contributed by atoms with E-state index in [1.54, 1.807) is 7.11 Å². The maximum absolute atomic E-state index is 13.3. The molecule has 0 N–H and O–H groups in total. The van der Waals surface area contributed by atoms with Crippen molar-refractivity contribution in [2.24, 2.45) is 0 Å². The third-order valence-electron chi connectivity index (χ3n) is 6.10. The van der Waals surface area contributed by atoms with Crippen LogP contribution in [0, 0.1) is 0 Å². The van der Waals surface area contributed by atoms with Crippen molar-refractivity contribution in [3.63, 3.8) is 0 Å². The number of hydrogen-bond donors (Lipinski definition) is 0. The van der Waals surface area contributed by atoms with Crippen LogP contribution in [0.3, 0.4) is 0 Å². The maximum atomic E-state index is 13.3. The van der Waals surface area contributed by atoms with Gasteiger partial charge in [-0.3, -0.25) is 4.90 Å². The van der Waals surface area contributed by atoms with Crippen molar-refractivity contribution in [1.29, 1.82) is 0 Å². The van der Waals surface area contributed by atoms with Crippen molar-refractivity contribution in [3.05, 3.63) is 144 Å². The van der Waals surface area contributed by atoms with E-state index in [1.165, 1.54) is 11.1 Å². The van der Waals surface area contributed by atoms with Crippen molar-refractivity contribution >= 4 is 5.97 Å². The van der Waals surface area contributed by atoms with Gasteiger partial charge in [0.05, 0.1) is 0 Å². The lowest BCUT2D eigenvalue weighted by Crippen LogP contribution is -2.37. The molecule has 0 heterocycles. The lowest BCUT2D eigenvalue weighted by molar-refractivity contribution is -0.162. The van der Waals surface area contributed by atoms with Crippen LogP contribution in [0.25, 0.3) is 0 Å². The molecule has 4 nitrogen and oxygen atoms in total. The Hall–Kier alpha value is -3.73. The van der Waals surface area contributed by atoms with Crippen molar-refractivity contribution < 1.29 is 14.3 Å². The molecular formula is C32H33NO3. The topological polar surface area (TPSA) is 38.8 Å². The number of esters is 1. The van der Waals surface area contributed by atoms with Gasteiger partial charge in [-0.2, -0.15) is 0 Å². The Morgan fingerprint density at radius 1 is 0.667 bits per heavy atom. The summed E-state index contributed by atoms with van der Waals surface area (Å²) in [4.78, 5) is 15.7. The monoisotopic (exact) mass is 479 g/mol. The minimum absolute atomic E-state index is 0.339. The molecule has 0 aliphatic rings. The molecule has 0 spiro atoms. The van der Waals surface area contributed by atoms with Crippen molar-refractivity contribution in [1.82, 2.24) is 4.90 Å². The number of rotatable bonds is 12. The van der Waals surface area contributed by atoms with Gasteiger partial charge in [0, 0.05) is 33.2 Å². The lowest BCUT2D eigenvalue weighted by Gasteiger charge is -2.29. The second kappa shape index (κ2) is 13.4. The van der Waals surface area contributed by atoms with E-state index in [0.717, 1.165) is 24.2 Å². The van der Waals surface area contributed by atoms with Gasteiger partial charge in [-0.15, -0.1) is 0 Å². The zero-order chi connectivity index (χ0) is 25.0. The van der Waals surface area contributed by atoms with Crippen molar-refractivity contribution in [3.8, 4) is 0 Å². The van der Waals surface area contributed by atoms with Crippen LogP contribution in [-0.2, 0) is 33.8 Å². The normalized spacial score (nSPS) is 12.7. The second-order valence-corrected chi connectivity index (χ2v) is 8.92. The van der Waals surface area contributed by atoms with Crippen LogP contribution in [0.15, 0.2) is 121 Å². The molecule has 4 rings (SSSR count). The summed E-state index contributed by atoms with van der Waals surface area (Å²) in [7, 11) is 1.54. The summed E-state index contributed by atoms with van der Waals surface area (Å²) in [5.74, 6) is -0.371. The highest BCUT2D eigenvalue weighted by atomic mass is 16.6. The smallest absolute Gasteiger partial charge is 0.340 e. The summed E-state index contributed by atoms with van der Waals surface area (Å²) in [6.07, 6.45) is -0.479. The molecule has 0 saturated carbocycles. The van der Waals surface area contributed by atoms with E-state index in [1.807, 2.05) is 60.7 Å². The number of methoxy groups -OCH3 is 1. The number of ether oxygens (including phenoxy) is 2. The van der Waals surface area contributed by atoms with Crippen LogP contribution < -0.4 is 0 Å². The molecule has 184 valence electrons. The molecule has 0 amide bonds. The van der Waals surface area contributed by atoms with Crippen LogP contribution in [0.2, 0.25) is 0 Å². The Labute approximate surface area is 214 Å². The van der Waals surface area contributed by atoms with Gasteiger partial charge in [-0.05, 0) is 22.3 Å². The first-order chi connectivity index (χ1) is 17.7. The summed E-state index contributed by atoms with van der Waals surface area (Å²) < 4.78 is 11.7. The average molecular weight is 480 g/mol. The van der Waals surface area contributed by atoms with E-state index >= 15 is 0 Å². The molecule has 4 aromatic rings. The number of carbonyl (C=O) groups is 1. The molecule has 0 unspecified atom stereocenters. The molecule has 0 bridgehead atoms. The molecule has 0 radical (unpaired) electrons. The lowest BCUT2D eigenvalue weighted by atomic mass is 10.1. The summed E-state index contributed by atoms with van der Waals surface area (Å²) in [5.41, 5.74) is 4.35. The predicted octanol–water partition coefficient (Wildman–Crippen LogP) is 6.23. The molecule has 4 heteroatoms. The van der Waals surface area contributed by atoms with Gasteiger partial charge in [-0.1, -0.05) is 121 Å². The van der Waals surface area contributed by atoms with E-state index in [2.05, 4.69) is 65.6 Å². The Balaban J connectivity index is 1.56. The molecule has 2 atom stereocenters. The van der Waals surface area contributed by atoms with Crippen LogP contribution >= 0.6 is 0 Å². The van der Waals surface area contributed by atoms with Crippen LogP contribution in [0.1, 0.15) is 28.4 Å². The van der Waals surface area contributed by atoms with Gasteiger partial charge in [0.25, 0.3) is 0 Å². The van der Waals surface area contributed by atoms with Gasteiger partial charge < -0.3 is 9.47 Å². The van der Waals surface area contributed by atoms with Crippen molar-refractivity contribution in [2.45, 2.75) is 31.7 Å². The summed E-state index contributed by atoms with van der Waals surface area (Å²) in [5, 5.41) is 0. The molecular weight excluding hydrogens is 446 g/mol. The Kier molecular flexibility index (Phi) is 9.43. The fraction of sp³-hybridized carbons (Fsp3) is 0.219. The summed E-state index contributed by atoms with van der Waals surface area (Å²) in [6.45, 7) is 2.10. The highest BCUT2D eigenvalue weighted by Gasteiger charge is 2.26. The Morgan fingerprint density at radius 3 is 1.58 bits per heavy atom. The fourth-order valence-electron chi connectivity index (χ4n) is 4.40. The number of nitrogens with zero attached hydrogens (tertiary/aromatic N) is 1. The van der Waals surface area contributed by atoms with E-state index in [9.17, 15) is 4.79 Å². The van der Waals surface area contributed by atoms with Gasteiger partial charge in [-0.25, -0.2) is 4.79 Å². The maximum Gasteiger partial charge on any atom is 0.340 e. The van der Waals surface area contributed by atoms with Crippen LogP contribution in [0.5, 0.6) is 0 Å². The molecule has 36 heavy (non-hydrogen) atoms. The first-order valence-corrected chi connectivity index (χ1v) is 12.3. The second-order valence-electron chi connectivity index (χ2n) is 8.92. The fourth-order valence-corrected chi connectivity index (χ4v) is 4.40. The molecule has 0 aromatic heterocycles. The van der Waals surface area contributed by atoms with Gasteiger partial charge in [0.15, 0.2) is 6.10 Å². The number of carbonyl (C=O) groups excluding carboxylic acids is 1. The van der Waals surface area contributed by atoms with Gasteiger partial charge in [0.1, 0.15) is 6.10 Å². The van der Waals surface area contributed by atoms with E-state index < -0.39 is 6.10 Å². The van der Waals surface area contributed by atoms with Crippen LogP contribution in [-0.4, -0.2) is 30.6 Å².